The molecule has 0 saturated heterocycles. The fraction of sp³-hybridized carbons (Fsp3) is 0.444. The molecule has 0 aliphatic rings. The topological polar surface area (TPSA) is 111 Å². The zero-order valence-corrected chi connectivity index (χ0v) is 14.8. The molecule has 8 nitrogen and oxygen atoms in total. The smallest absolute Gasteiger partial charge is 0.325 e. The van der Waals surface area contributed by atoms with Gasteiger partial charge in [-0.3, -0.25) is 19.2 Å². The highest BCUT2D eigenvalue weighted by Crippen LogP contribution is 1.98. The Balaban J connectivity index is 2.09. The second kappa shape index (κ2) is 12.5. The molecule has 0 atom stereocenters. The number of carbonyl (C=O) groups excluding carboxylic acids is 4. The van der Waals surface area contributed by atoms with Crippen molar-refractivity contribution in [3.8, 4) is 0 Å². The molecule has 0 saturated carbocycles. The maximum Gasteiger partial charge on any atom is 0.325 e. The molecule has 142 valence electrons. The summed E-state index contributed by atoms with van der Waals surface area (Å²) in [7, 11) is 0. The van der Waals surface area contributed by atoms with Gasteiger partial charge in [0, 0.05) is 13.0 Å². The van der Waals surface area contributed by atoms with E-state index in [1.165, 1.54) is 0 Å². The number of amides is 2. The number of carbonyl (C=O) groups is 4. The third-order valence-corrected chi connectivity index (χ3v) is 3.19. The van der Waals surface area contributed by atoms with Crippen LogP contribution < -0.4 is 10.6 Å². The molecule has 2 N–H and O–H groups in total. The van der Waals surface area contributed by atoms with Crippen molar-refractivity contribution in [2.75, 3.05) is 26.3 Å². The van der Waals surface area contributed by atoms with E-state index in [2.05, 4.69) is 10.6 Å². The summed E-state index contributed by atoms with van der Waals surface area (Å²) in [5, 5.41) is 4.96. The van der Waals surface area contributed by atoms with Gasteiger partial charge >= 0.3 is 11.9 Å². The minimum Gasteiger partial charge on any atom is -0.466 e. The van der Waals surface area contributed by atoms with Crippen LogP contribution in [0.2, 0.25) is 0 Å². The van der Waals surface area contributed by atoms with E-state index in [0.29, 0.717) is 13.0 Å². The van der Waals surface area contributed by atoms with E-state index in [1.807, 2.05) is 30.3 Å². The summed E-state index contributed by atoms with van der Waals surface area (Å²) in [6, 6.07) is 9.11. The van der Waals surface area contributed by atoms with Gasteiger partial charge < -0.3 is 20.1 Å². The molecule has 0 aliphatic heterocycles. The Morgan fingerprint density at radius 1 is 0.923 bits per heavy atom. The highest BCUT2D eigenvalue weighted by atomic mass is 16.5. The maximum atomic E-state index is 11.7. The number of ether oxygens (including phenoxy) is 2. The average molecular weight is 364 g/mol. The summed E-state index contributed by atoms with van der Waals surface area (Å²) in [5.41, 5.74) is 0.834. The van der Waals surface area contributed by atoms with Gasteiger partial charge in [-0.2, -0.15) is 0 Å². The first-order chi connectivity index (χ1) is 12.5. The summed E-state index contributed by atoms with van der Waals surface area (Å²) < 4.78 is 9.52. The molecule has 0 aliphatic carbocycles. The van der Waals surface area contributed by atoms with Gasteiger partial charge in [-0.1, -0.05) is 30.3 Å². The van der Waals surface area contributed by atoms with Crippen LogP contribution in [0.15, 0.2) is 30.3 Å². The minimum atomic E-state index is -0.701. The highest BCUT2D eigenvalue weighted by Gasteiger charge is 2.10. The summed E-state index contributed by atoms with van der Waals surface area (Å²) in [6.45, 7) is 1.58. The number of nitrogens with one attached hydrogen (secondary N) is 2. The molecule has 1 rings (SSSR count). The monoisotopic (exact) mass is 364 g/mol. The van der Waals surface area contributed by atoms with Gasteiger partial charge in [-0.15, -0.1) is 0 Å². The summed E-state index contributed by atoms with van der Waals surface area (Å²) >= 11 is 0. The second-order valence-electron chi connectivity index (χ2n) is 5.36. The van der Waals surface area contributed by atoms with Gasteiger partial charge in [0.15, 0.2) is 6.61 Å². The molecule has 0 unspecified atom stereocenters. The largest absolute Gasteiger partial charge is 0.466 e. The van der Waals surface area contributed by atoms with Gasteiger partial charge in [0.2, 0.25) is 5.91 Å². The Labute approximate surface area is 152 Å². The van der Waals surface area contributed by atoms with Crippen molar-refractivity contribution in [1.29, 1.82) is 0 Å². The van der Waals surface area contributed by atoms with E-state index in [-0.39, 0.29) is 37.8 Å². The fourth-order valence-corrected chi connectivity index (χ4v) is 1.96. The zero-order chi connectivity index (χ0) is 19.2. The summed E-state index contributed by atoms with van der Waals surface area (Å²) in [4.78, 5) is 45.8. The van der Waals surface area contributed by atoms with Crippen molar-refractivity contribution in [3.05, 3.63) is 35.9 Å². The van der Waals surface area contributed by atoms with Crippen LogP contribution >= 0.6 is 0 Å². The standard InChI is InChI=1S/C18H24N2O6/c1-2-25-17(23)9-6-10-19-16(22)13-26-18(24)12-20-15(21)11-14-7-4-3-5-8-14/h3-5,7-8H,2,6,9-13H2,1H3,(H,19,22)(H,20,21). The molecule has 2 amide bonds. The van der Waals surface area contributed by atoms with Crippen LogP contribution in [0.25, 0.3) is 0 Å². The Hall–Kier alpha value is -2.90. The van der Waals surface area contributed by atoms with Crippen LogP contribution in [0, 0.1) is 0 Å². The Kier molecular flexibility index (Phi) is 10.1. The van der Waals surface area contributed by atoms with Crippen molar-refractivity contribution >= 4 is 23.8 Å². The van der Waals surface area contributed by atoms with E-state index in [0.717, 1.165) is 5.56 Å². The quantitative estimate of drug-likeness (QED) is 0.433. The molecule has 0 spiro atoms. The molecular formula is C18H24N2O6. The van der Waals surface area contributed by atoms with E-state index in [9.17, 15) is 19.2 Å². The van der Waals surface area contributed by atoms with Gasteiger partial charge in [0.1, 0.15) is 6.54 Å². The second-order valence-corrected chi connectivity index (χ2v) is 5.36. The number of benzene rings is 1. The fourth-order valence-electron chi connectivity index (χ4n) is 1.96. The van der Waals surface area contributed by atoms with E-state index >= 15 is 0 Å². The summed E-state index contributed by atoms with van der Waals surface area (Å²) in [5.74, 6) is -1.80. The predicted octanol–water partition coefficient (Wildman–Crippen LogP) is 0.348. The van der Waals surface area contributed by atoms with Crippen molar-refractivity contribution in [3.63, 3.8) is 0 Å². The third kappa shape index (κ3) is 10.1. The van der Waals surface area contributed by atoms with Crippen molar-refractivity contribution in [1.82, 2.24) is 10.6 Å². The van der Waals surface area contributed by atoms with Gasteiger partial charge in [-0.25, -0.2) is 0 Å². The maximum absolute atomic E-state index is 11.7. The lowest BCUT2D eigenvalue weighted by atomic mass is 10.1. The van der Waals surface area contributed by atoms with Crippen molar-refractivity contribution in [2.24, 2.45) is 0 Å². The molecule has 0 radical (unpaired) electrons. The number of rotatable bonds is 11. The zero-order valence-electron chi connectivity index (χ0n) is 14.8. The summed E-state index contributed by atoms with van der Waals surface area (Å²) in [6.07, 6.45) is 0.810. The van der Waals surface area contributed by atoms with Crippen LogP contribution in [0.4, 0.5) is 0 Å². The van der Waals surface area contributed by atoms with Crippen LogP contribution in [-0.2, 0) is 35.1 Å². The van der Waals surface area contributed by atoms with Crippen LogP contribution in [0.3, 0.4) is 0 Å². The lowest BCUT2D eigenvalue weighted by Crippen LogP contribution is -2.34. The predicted molar refractivity (Wildman–Crippen MR) is 93.0 cm³/mol. The third-order valence-electron chi connectivity index (χ3n) is 3.19. The van der Waals surface area contributed by atoms with Crippen LogP contribution in [-0.4, -0.2) is 50.1 Å². The first-order valence-corrected chi connectivity index (χ1v) is 8.39. The lowest BCUT2D eigenvalue weighted by molar-refractivity contribution is -0.148. The van der Waals surface area contributed by atoms with Crippen LogP contribution in [0.5, 0.6) is 0 Å². The Bertz CT molecular complexity index is 603. The van der Waals surface area contributed by atoms with Crippen molar-refractivity contribution in [2.45, 2.75) is 26.2 Å². The Morgan fingerprint density at radius 3 is 2.35 bits per heavy atom. The van der Waals surface area contributed by atoms with E-state index in [1.54, 1.807) is 6.92 Å². The van der Waals surface area contributed by atoms with Gasteiger partial charge in [0.25, 0.3) is 5.91 Å². The number of hydrogen-bond donors (Lipinski definition) is 2. The molecule has 1 aromatic rings. The molecule has 0 aromatic heterocycles. The number of esters is 2. The normalized spacial score (nSPS) is 9.88. The molecular weight excluding hydrogens is 340 g/mol. The van der Waals surface area contributed by atoms with Gasteiger partial charge in [-0.05, 0) is 18.9 Å². The number of hydrogen-bond acceptors (Lipinski definition) is 6. The first kappa shape index (κ1) is 21.1. The molecule has 0 heterocycles. The Morgan fingerprint density at radius 2 is 1.65 bits per heavy atom. The van der Waals surface area contributed by atoms with Crippen LogP contribution in [0.1, 0.15) is 25.3 Å². The first-order valence-electron chi connectivity index (χ1n) is 8.39. The molecule has 0 bridgehead atoms. The average Bonchev–Trinajstić information content (AvgIpc) is 2.63. The van der Waals surface area contributed by atoms with E-state index in [4.69, 9.17) is 9.47 Å². The lowest BCUT2D eigenvalue weighted by Gasteiger charge is -2.07. The highest BCUT2D eigenvalue weighted by molar-refractivity contribution is 5.85. The molecule has 8 heteroatoms. The van der Waals surface area contributed by atoms with Crippen molar-refractivity contribution < 1.29 is 28.7 Å². The molecule has 26 heavy (non-hydrogen) atoms. The minimum absolute atomic E-state index is 0.162. The SMILES string of the molecule is CCOC(=O)CCCNC(=O)COC(=O)CNC(=O)Cc1ccccc1. The van der Waals surface area contributed by atoms with Gasteiger partial charge in [0.05, 0.1) is 13.0 Å². The van der Waals surface area contributed by atoms with E-state index < -0.39 is 18.5 Å². The molecule has 0 fully saturated rings. The molecule has 1 aromatic carbocycles.